The molecule has 0 unspecified atom stereocenters. The molecule has 0 saturated heterocycles. The summed E-state index contributed by atoms with van der Waals surface area (Å²) in [5, 5.41) is 0. The second kappa shape index (κ2) is 11.7. The van der Waals surface area contributed by atoms with Crippen molar-refractivity contribution in [1.29, 1.82) is 0 Å². The minimum absolute atomic E-state index is 0. The molecule has 25 heavy (non-hydrogen) atoms. The van der Waals surface area contributed by atoms with E-state index in [1.165, 1.54) is 0 Å². The number of nitrogens with one attached hydrogen (secondary N) is 1. The van der Waals surface area contributed by atoms with E-state index in [-0.39, 0.29) is 32.7 Å². The number of hydrogen-bond acceptors (Lipinski definition) is 5. The van der Waals surface area contributed by atoms with Gasteiger partial charge in [0.1, 0.15) is 0 Å². The van der Waals surface area contributed by atoms with E-state index in [0.717, 1.165) is 22.4 Å². The fraction of sp³-hybridized carbons (Fsp3) is 0.158. The quantitative estimate of drug-likeness (QED) is 0.383. The first-order chi connectivity index (χ1) is 11.9. The van der Waals surface area contributed by atoms with Crippen molar-refractivity contribution in [1.82, 2.24) is 15.4 Å². The van der Waals surface area contributed by atoms with Crippen LogP contribution in [0.4, 0.5) is 11.4 Å². The number of hydrazine groups is 1. The van der Waals surface area contributed by atoms with Gasteiger partial charge in [0.2, 0.25) is 0 Å². The van der Waals surface area contributed by atoms with E-state index >= 15 is 0 Å². The number of fused-ring (bicyclic) bond motifs is 1. The average Bonchev–Trinajstić information content (AvgIpc) is 2.67. The van der Waals surface area contributed by atoms with Gasteiger partial charge in [-0.25, -0.2) is 0 Å². The van der Waals surface area contributed by atoms with Crippen molar-refractivity contribution in [2.75, 3.05) is 11.4 Å². The standard InChI is InChI=1S/C17H16N5.C2H6.Y/c18-21-9-4-12-22(14-5-2-1-3-6-14)15-7-8-16-17(13-15)20-11-10-19-16;1-2;/h1-10,13,21H,12,18H2;1-2H3;/q-1;;. The SMILES string of the molecule is CC.NNC=CCN(c1ccccc1)c1ccc2nc[c-]nc2c1.[Y]. The zero-order valence-corrected chi connectivity index (χ0v) is 17.4. The summed E-state index contributed by atoms with van der Waals surface area (Å²) in [7, 11) is 0. The summed E-state index contributed by atoms with van der Waals surface area (Å²) in [6, 6.07) is 16.2. The number of para-hydroxylation sites is 1. The Hall–Kier alpha value is -1.82. The van der Waals surface area contributed by atoms with E-state index in [9.17, 15) is 0 Å². The molecule has 3 rings (SSSR count). The third-order valence-electron chi connectivity index (χ3n) is 3.29. The van der Waals surface area contributed by atoms with E-state index in [0.29, 0.717) is 6.54 Å². The molecule has 1 radical (unpaired) electrons. The third kappa shape index (κ3) is 5.89. The molecule has 0 fully saturated rings. The Morgan fingerprint density at radius 1 is 1.08 bits per heavy atom. The predicted molar refractivity (Wildman–Crippen MR) is 99.6 cm³/mol. The minimum atomic E-state index is 0. The summed E-state index contributed by atoms with van der Waals surface area (Å²) in [5.74, 6) is 5.29. The monoisotopic (exact) mass is 409 g/mol. The van der Waals surface area contributed by atoms with Gasteiger partial charge in [-0.1, -0.05) is 49.7 Å². The Labute approximate surface area is 174 Å². The largest absolute Gasteiger partial charge is 0.448 e. The van der Waals surface area contributed by atoms with Gasteiger partial charge in [0.25, 0.3) is 0 Å². The van der Waals surface area contributed by atoms with Gasteiger partial charge in [0.15, 0.2) is 0 Å². The number of nitrogens with zero attached hydrogens (tertiary/aromatic N) is 3. The molecule has 0 aliphatic heterocycles. The Morgan fingerprint density at radius 2 is 1.84 bits per heavy atom. The van der Waals surface area contributed by atoms with Crippen molar-refractivity contribution in [2.45, 2.75) is 13.8 Å². The molecule has 0 bridgehead atoms. The van der Waals surface area contributed by atoms with Crippen LogP contribution in [0.3, 0.4) is 0 Å². The minimum Gasteiger partial charge on any atom is -0.448 e. The summed E-state index contributed by atoms with van der Waals surface area (Å²) in [5.41, 5.74) is 6.33. The maximum absolute atomic E-state index is 5.29. The van der Waals surface area contributed by atoms with Crippen LogP contribution in [0, 0.1) is 6.20 Å². The molecule has 0 aliphatic carbocycles. The van der Waals surface area contributed by atoms with Gasteiger partial charge in [-0.15, -0.1) is 6.20 Å². The van der Waals surface area contributed by atoms with Gasteiger partial charge in [-0.2, -0.15) is 0 Å². The number of benzene rings is 2. The maximum Gasteiger partial charge on any atom is 0.0428 e. The van der Waals surface area contributed by atoms with Crippen molar-refractivity contribution in [3.8, 4) is 0 Å². The second-order valence-corrected chi connectivity index (χ2v) is 4.69. The molecule has 1 aromatic heterocycles. The Morgan fingerprint density at radius 3 is 2.56 bits per heavy atom. The number of rotatable bonds is 5. The van der Waals surface area contributed by atoms with Gasteiger partial charge in [-0.05, 0) is 30.5 Å². The van der Waals surface area contributed by atoms with Crippen molar-refractivity contribution in [3.63, 3.8) is 0 Å². The molecule has 3 N–H and O–H groups in total. The first-order valence-corrected chi connectivity index (χ1v) is 7.95. The van der Waals surface area contributed by atoms with Crippen LogP contribution < -0.4 is 16.2 Å². The van der Waals surface area contributed by atoms with Crippen molar-refractivity contribution in [2.24, 2.45) is 5.84 Å². The molecule has 0 saturated carbocycles. The normalized spacial score (nSPS) is 9.88. The van der Waals surface area contributed by atoms with Gasteiger partial charge in [0, 0.05) is 62.3 Å². The zero-order chi connectivity index (χ0) is 17.2. The second-order valence-electron chi connectivity index (χ2n) is 4.69. The van der Waals surface area contributed by atoms with Crippen LogP contribution >= 0.6 is 0 Å². The molecule has 0 spiro atoms. The molecule has 5 nitrogen and oxygen atoms in total. The van der Waals surface area contributed by atoms with E-state index in [1.807, 2.05) is 56.3 Å². The third-order valence-corrected chi connectivity index (χ3v) is 3.29. The predicted octanol–water partition coefficient (Wildman–Crippen LogP) is 3.57. The molecule has 127 valence electrons. The summed E-state index contributed by atoms with van der Waals surface area (Å²) < 4.78 is 0. The van der Waals surface area contributed by atoms with E-state index in [2.05, 4.69) is 38.6 Å². The van der Waals surface area contributed by atoms with Crippen LogP contribution in [-0.2, 0) is 32.7 Å². The topological polar surface area (TPSA) is 67.1 Å². The van der Waals surface area contributed by atoms with Gasteiger partial charge < -0.3 is 15.3 Å². The van der Waals surface area contributed by atoms with Crippen molar-refractivity contribution >= 4 is 22.4 Å². The summed E-state index contributed by atoms with van der Waals surface area (Å²) in [6.07, 6.45) is 8.02. The Kier molecular flexibility index (Phi) is 9.92. The van der Waals surface area contributed by atoms with Crippen LogP contribution in [0.2, 0.25) is 0 Å². The summed E-state index contributed by atoms with van der Waals surface area (Å²) in [6.45, 7) is 4.68. The number of anilines is 2. The summed E-state index contributed by atoms with van der Waals surface area (Å²) >= 11 is 0. The first kappa shape index (κ1) is 21.2. The number of hydrogen-bond donors (Lipinski definition) is 2. The molecule has 2 aromatic carbocycles. The Bertz CT molecular complexity index is 777. The van der Waals surface area contributed by atoms with E-state index in [4.69, 9.17) is 5.84 Å². The molecule has 1 heterocycles. The zero-order valence-electron chi connectivity index (χ0n) is 14.6. The fourth-order valence-corrected chi connectivity index (χ4v) is 2.27. The van der Waals surface area contributed by atoms with Crippen LogP contribution in [-0.4, -0.2) is 16.5 Å². The molecule has 0 amide bonds. The number of nitrogens with two attached hydrogens (primary N) is 1. The van der Waals surface area contributed by atoms with E-state index in [1.54, 1.807) is 12.4 Å². The van der Waals surface area contributed by atoms with Gasteiger partial charge >= 0.3 is 0 Å². The summed E-state index contributed by atoms with van der Waals surface area (Å²) in [4.78, 5) is 10.7. The smallest absolute Gasteiger partial charge is 0.0428 e. The van der Waals surface area contributed by atoms with Crippen LogP contribution in [0.5, 0.6) is 0 Å². The Balaban J connectivity index is 0.00000101. The molecular formula is C19H22N5Y-. The van der Waals surface area contributed by atoms with Crippen molar-refractivity contribution in [3.05, 3.63) is 73.2 Å². The van der Waals surface area contributed by atoms with Crippen LogP contribution in [0.15, 0.2) is 67.0 Å². The van der Waals surface area contributed by atoms with Gasteiger partial charge in [-0.3, -0.25) is 10.8 Å². The van der Waals surface area contributed by atoms with Crippen LogP contribution in [0.25, 0.3) is 11.0 Å². The molecule has 6 heteroatoms. The molecule has 0 aliphatic rings. The molecule has 3 aromatic rings. The maximum atomic E-state index is 5.29. The van der Waals surface area contributed by atoms with Crippen LogP contribution in [0.1, 0.15) is 13.8 Å². The molecular weight excluding hydrogens is 387 g/mol. The fourth-order valence-electron chi connectivity index (χ4n) is 2.27. The number of aromatic nitrogens is 2. The average molecular weight is 409 g/mol. The van der Waals surface area contributed by atoms with Gasteiger partial charge in [0.05, 0.1) is 0 Å². The van der Waals surface area contributed by atoms with E-state index < -0.39 is 0 Å². The first-order valence-electron chi connectivity index (χ1n) is 7.95. The van der Waals surface area contributed by atoms with Crippen molar-refractivity contribution < 1.29 is 32.7 Å². The molecule has 0 atom stereocenters.